The number of carboxylic acids is 1. The molecule has 0 atom stereocenters. The molecule has 2 rings (SSSR count). The van der Waals surface area contributed by atoms with Crippen molar-refractivity contribution in [2.45, 2.75) is 6.92 Å². The monoisotopic (exact) mass is 176 g/mol. The van der Waals surface area contributed by atoms with E-state index in [4.69, 9.17) is 5.11 Å². The molecule has 2 aromatic heterocycles. The normalized spacial score (nSPS) is 10.5. The van der Waals surface area contributed by atoms with Crippen LogP contribution in [0, 0.1) is 6.92 Å². The van der Waals surface area contributed by atoms with Crippen molar-refractivity contribution in [3.8, 4) is 0 Å². The Kier molecular flexibility index (Phi) is 1.55. The predicted molar refractivity (Wildman–Crippen MR) is 47.8 cm³/mol. The maximum Gasteiger partial charge on any atom is 0.337 e. The highest BCUT2D eigenvalue weighted by Gasteiger charge is 2.10. The number of carbonyl (C=O) groups is 1. The van der Waals surface area contributed by atoms with Crippen LogP contribution in [0.2, 0.25) is 0 Å². The molecule has 0 saturated heterocycles. The van der Waals surface area contributed by atoms with Gasteiger partial charge in [-0.15, -0.1) is 0 Å². The smallest absolute Gasteiger partial charge is 0.337 e. The van der Waals surface area contributed by atoms with Crippen LogP contribution in [0.1, 0.15) is 16.1 Å². The minimum Gasteiger partial charge on any atom is -0.478 e. The van der Waals surface area contributed by atoms with Crippen molar-refractivity contribution in [2.24, 2.45) is 0 Å². The average Bonchev–Trinajstić information content (AvgIpc) is 2.46. The van der Waals surface area contributed by atoms with Gasteiger partial charge in [-0.1, -0.05) is 0 Å². The summed E-state index contributed by atoms with van der Waals surface area (Å²) in [5.74, 6) is -0.933. The summed E-state index contributed by atoms with van der Waals surface area (Å²) in [4.78, 5) is 17.7. The summed E-state index contributed by atoms with van der Waals surface area (Å²) in [5.41, 5.74) is 1.76. The van der Waals surface area contributed by atoms with E-state index in [1.54, 1.807) is 12.1 Å². The summed E-state index contributed by atoms with van der Waals surface area (Å²) >= 11 is 0. The van der Waals surface area contributed by atoms with Crippen LogP contribution < -0.4 is 0 Å². The average molecular weight is 176 g/mol. The highest BCUT2D eigenvalue weighted by Crippen LogP contribution is 2.16. The zero-order valence-electron chi connectivity index (χ0n) is 7.03. The van der Waals surface area contributed by atoms with Crippen molar-refractivity contribution >= 4 is 17.0 Å². The van der Waals surface area contributed by atoms with Gasteiger partial charge in [-0.25, -0.2) is 9.78 Å². The van der Waals surface area contributed by atoms with Crippen molar-refractivity contribution in [3.63, 3.8) is 0 Å². The molecule has 0 fully saturated rings. The Morgan fingerprint density at radius 1 is 1.54 bits per heavy atom. The molecular formula is C9H8N2O2. The van der Waals surface area contributed by atoms with Gasteiger partial charge in [0, 0.05) is 17.3 Å². The molecule has 4 heteroatoms. The minimum absolute atomic E-state index is 0.266. The quantitative estimate of drug-likeness (QED) is 0.693. The Morgan fingerprint density at radius 3 is 3.00 bits per heavy atom. The standard InChI is InChI=1S/C9H8N2O2/c1-5-2-3-6-7(9(12)13)4-10-8(6)11-5/h2-4H,1H3,(H,10,11)(H,12,13). The Bertz CT molecular complexity index is 473. The Hall–Kier alpha value is -1.84. The van der Waals surface area contributed by atoms with Crippen molar-refractivity contribution in [3.05, 3.63) is 29.6 Å². The number of pyridine rings is 1. The fourth-order valence-corrected chi connectivity index (χ4v) is 1.28. The van der Waals surface area contributed by atoms with Crippen LogP contribution in [-0.2, 0) is 0 Å². The molecule has 0 radical (unpaired) electrons. The Balaban J connectivity index is 2.76. The molecule has 0 saturated carbocycles. The molecule has 2 N–H and O–H groups in total. The van der Waals surface area contributed by atoms with Gasteiger partial charge in [-0.3, -0.25) is 0 Å². The van der Waals surface area contributed by atoms with Gasteiger partial charge in [-0.05, 0) is 19.1 Å². The summed E-state index contributed by atoms with van der Waals surface area (Å²) < 4.78 is 0. The molecule has 0 aromatic carbocycles. The summed E-state index contributed by atoms with van der Waals surface area (Å²) in [6.45, 7) is 1.86. The third-order valence-corrected chi connectivity index (χ3v) is 1.91. The maximum absolute atomic E-state index is 10.7. The first-order chi connectivity index (χ1) is 6.18. The van der Waals surface area contributed by atoms with Crippen molar-refractivity contribution in [1.82, 2.24) is 9.97 Å². The second kappa shape index (κ2) is 2.58. The predicted octanol–water partition coefficient (Wildman–Crippen LogP) is 1.57. The Labute approximate surface area is 74.2 Å². The van der Waals surface area contributed by atoms with Gasteiger partial charge >= 0.3 is 5.97 Å². The van der Waals surface area contributed by atoms with Crippen LogP contribution >= 0.6 is 0 Å². The number of H-pyrrole nitrogens is 1. The molecular weight excluding hydrogens is 168 g/mol. The molecule has 66 valence electrons. The summed E-state index contributed by atoms with van der Waals surface area (Å²) in [6, 6.07) is 3.56. The lowest BCUT2D eigenvalue weighted by atomic mass is 10.2. The number of nitrogens with zero attached hydrogens (tertiary/aromatic N) is 1. The van der Waals surface area contributed by atoms with Gasteiger partial charge in [0.15, 0.2) is 0 Å². The second-order valence-electron chi connectivity index (χ2n) is 2.86. The largest absolute Gasteiger partial charge is 0.478 e. The fourth-order valence-electron chi connectivity index (χ4n) is 1.28. The number of aryl methyl sites for hydroxylation is 1. The van der Waals surface area contributed by atoms with Crippen LogP contribution in [0.4, 0.5) is 0 Å². The first-order valence-electron chi connectivity index (χ1n) is 3.86. The molecule has 0 bridgehead atoms. The van der Waals surface area contributed by atoms with Gasteiger partial charge in [0.1, 0.15) is 5.65 Å². The van der Waals surface area contributed by atoms with Gasteiger partial charge in [-0.2, -0.15) is 0 Å². The van der Waals surface area contributed by atoms with E-state index in [2.05, 4.69) is 9.97 Å². The third-order valence-electron chi connectivity index (χ3n) is 1.91. The summed E-state index contributed by atoms with van der Waals surface area (Å²) in [6.07, 6.45) is 1.46. The number of hydrogen-bond acceptors (Lipinski definition) is 2. The second-order valence-corrected chi connectivity index (χ2v) is 2.86. The zero-order valence-corrected chi connectivity index (χ0v) is 7.03. The third kappa shape index (κ3) is 1.16. The molecule has 13 heavy (non-hydrogen) atoms. The topological polar surface area (TPSA) is 66.0 Å². The van der Waals surface area contributed by atoms with E-state index >= 15 is 0 Å². The molecule has 0 aliphatic heterocycles. The van der Waals surface area contributed by atoms with E-state index in [9.17, 15) is 4.79 Å². The van der Waals surface area contributed by atoms with Crippen LogP contribution in [-0.4, -0.2) is 21.0 Å². The molecule has 0 aliphatic carbocycles. The Morgan fingerprint density at radius 2 is 2.31 bits per heavy atom. The van der Waals surface area contributed by atoms with Crippen LogP contribution in [0.3, 0.4) is 0 Å². The van der Waals surface area contributed by atoms with Gasteiger partial charge < -0.3 is 10.1 Å². The SMILES string of the molecule is Cc1ccc2c(C(=O)O)c[nH]c2n1. The number of rotatable bonds is 1. The number of aromatic nitrogens is 2. The van der Waals surface area contributed by atoms with E-state index < -0.39 is 5.97 Å². The lowest BCUT2D eigenvalue weighted by Crippen LogP contribution is -1.93. The van der Waals surface area contributed by atoms with Crippen molar-refractivity contribution in [2.75, 3.05) is 0 Å². The van der Waals surface area contributed by atoms with Gasteiger partial charge in [0.2, 0.25) is 0 Å². The van der Waals surface area contributed by atoms with E-state index in [1.807, 2.05) is 6.92 Å². The highest BCUT2D eigenvalue weighted by molar-refractivity contribution is 6.02. The van der Waals surface area contributed by atoms with Gasteiger partial charge in [0.05, 0.1) is 5.56 Å². The molecule has 2 heterocycles. The van der Waals surface area contributed by atoms with Gasteiger partial charge in [0.25, 0.3) is 0 Å². The molecule has 0 amide bonds. The van der Waals surface area contributed by atoms with Crippen LogP contribution in [0.15, 0.2) is 18.3 Å². The number of hydrogen-bond donors (Lipinski definition) is 2. The fraction of sp³-hybridized carbons (Fsp3) is 0.111. The number of fused-ring (bicyclic) bond motifs is 1. The van der Waals surface area contributed by atoms with Crippen molar-refractivity contribution < 1.29 is 9.90 Å². The number of aromatic amines is 1. The van der Waals surface area contributed by atoms with E-state index in [-0.39, 0.29) is 5.56 Å². The maximum atomic E-state index is 10.7. The lowest BCUT2D eigenvalue weighted by Gasteiger charge is -1.92. The molecule has 0 aliphatic rings. The minimum atomic E-state index is -0.933. The van der Waals surface area contributed by atoms with E-state index in [0.29, 0.717) is 11.0 Å². The molecule has 0 spiro atoms. The number of carboxylic acid groups (broad SMARTS) is 1. The van der Waals surface area contributed by atoms with Crippen LogP contribution in [0.5, 0.6) is 0 Å². The molecule has 0 unspecified atom stereocenters. The zero-order chi connectivity index (χ0) is 9.42. The molecule has 2 aromatic rings. The first-order valence-corrected chi connectivity index (χ1v) is 3.86. The lowest BCUT2D eigenvalue weighted by molar-refractivity contribution is 0.0699. The molecule has 4 nitrogen and oxygen atoms in total. The van der Waals surface area contributed by atoms with E-state index in [1.165, 1.54) is 6.20 Å². The number of nitrogens with one attached hydrogen (secondary N) is 1. The highest BCUT2D eigenvalue weighted by atomic mass is 16.4. The van der Waals surface area contributed by atoms with Crippen LogP contribution in [0.25, 0.3) is 11.0 Å². The van der Waals surface area contributed by atoms with Crippen molar-refractivity contribution in [1.29, 1.82) is 0 Å². The number of aromatic carboxylic acids is 1. The summed E-state index contributed by atoms with van der Waals surface area (Å²) in [7, 11) is 0. The first kappa shape index (κ1) is 7.79. The van der Waals surface area contributed by atoms with E-state index in [0.717, 1.165) is 5.69 Å². The summed E-state index contributed by atoms with van der Waals surface area (Å²) in [5, 5.41) is 9.44.